The molecule has 0 bridgehead atoms. The van der Waals surface area contributed by atoms with E-state index >= 15 is 0 Å². The van der Waals surface area contributed by atoms with Gasteiger partial charge in [0.1, 0.15) is 0 Å². The maximum absolute atomic E-state index is 11.7. The lowest BCUT2D eigenvalue weighted by molar-refractivity contribution is -0.130. The largest absolute Gasteiger partial charge is 0.343 e. The minimum absolute atomic E-state index is 0.203. The van der Waals surface area contributed by atoms with Gasteiger partial charge in [0.05, 0.1) is 5.69 Å². The molecule has 0 aliphatic heterocycles. The maximum atomic E-state index is 11.7. The third-order valence-corrected chi connectivity index (χ3v) is 2.69. The third kappa shape index (κ3) is 4.14. The summed E-state index contributed by atoms with van der Waals surface area (Å²) in [5.74, 6) is 0.203. The Morgan fingerprint density at radius 3 is 2.71 bits per heavy atom. The van der Waals surface area contributed by atoms with Crippen LogP contribution in [0.15, 0.2) is 6.20 Å². The summed E-state index contributed by atoms with van der Waals surface area (Å²) in [5, 5.41) is 7.82. The zero-order valence-corrected chi connectivity index (χ0v) is 10.6. The molecule has 0 atom stereocenters. The molecule has 6 heteroatoms. The molecular formula is C11H21N5O. The Labute approximate surface area is 102 Å². The van der Waals surface area contributed by atoms with Crippen LogP contribution >= 0.6 is 0 Å². The predicted molar refractivity (Wildman–Crippen MR) is 65.1 cm³/mol. The summed E-state index contributed by atoms with van der Waals surface area (Å²) < 4.78 is 1.73. The maximum Gasteiger partial charge on any atom is 0.222 e. The highest BCUT2D eigenvalue weighted by molar-refractivity contribution is 5.75. The van der Waals surface area contributed by atoms with Gasteiger partial charge in [0.2, 0.25) is 5.91 Å². The highest BCUT2D eigenvalue weighted by atomic mass is 16.2. The van der Waals surface area contributed by atoms with Crippen molar-refractivity contribution in [2.75, 3.05) is 13.1 Å². The Kier molecular flexibility index (Phi) is 5.62. The molecule has 0 saturated heterocycles. The Bertz CT molecular complexity index is 345. The molecule has 1 aromatic heterocycles. The molecule has 0 fully saturated rings. The molecule has 0 aliphatic rings. The summed E-state index contributed by atoms with van der Waals surface area (Å²) in [6, 6.07) is 0. The highest BCUT2D eigenvalue weighted by Crippen LogP contribution is 2.00. The SMILES string of the molecule is CCN(CC)C(=O)CCCn1cc(CN)nn1. The summed E-state index contributed by atoms with van der Waals surface area (Å²) in [7, 11) is 0. The quantitative estimate of drug-likeness (QED) is 0.746. The smallest absolute Gasteiger partial charge is 0.222 e. The Morgan fingerprint density at radius 2 is 2.18 bits per heavy atom. The van der Waals surface area contributed by atoms with Crippen LogP contribution in [0.1, 0.15) is 32.4 Å². The van der Waals surface area contributed by atoms with Crippen LogP contribution in [0, 0.1) is 0 Å². The van der Waals surface area contributed by atoms with Gasteiger partial charge in [0.15, 0.2) is 0 Å². The molecule has 17 heavy (non-hydrogen) atoms. The van der Waals surface area contributed by atoms with Crippen LogP contribution < -0.4 is 5.73 Å². The van der Waals surface area contributed by atoms with Gasteiger partial charge in [-0.05, 0) is 20.3 Å². The minimum atomic E-state index is 0.203. The van der Waals surface area contributed by atoms with Crippen molar-refractivity contribution in [1.82, 2.24) is 19.9 Å². The van der Waals surface area contributed by atoms with Crippen molar-refractivity contribution in [3.8, 4) is 0 Å². The van der Waals surface area contributed by atoms with Crippen LogP contribution in [0.25, 0.3) is 0 Å². The molecule has 1 amide bonds. The second-order valence-corrected chi connectivity index (χ2v) is 3.85. The van der Waals surface area contributed by atoms with Crippen LogP contribution in [0.4, 0.5) is 0 Å². The van der Waals surface area contributed by atoms with Crippen LogP contribution in [-0.4, -0.2) is 38.9 Å². The van der Waals surface area contributed by atoms with E-state index in [9.17, 15) is 4.79 Å². The number of aryl methyl sites for hydroxylation is 1. The van der Waals surface area contributed by atoms with Gasteiger partial charge in [0, 0.05) is 38.8 Å². The first kappa shape index (κ1) is 13.6. The lowest BCUT2D eigenvalue weighted by atomic mass is 10.2. The van der Waals surface area contributed by atoms with E-state index in [1.807, 2.05) is 24.9 Å². The second-order valence-electron chi connectivity index (χ2n) is 3.85. The van der Waals surface area contributed by atoms with Crippen molar-refractivity contribution < 1.29 is 4.79 Å². The fourth-order valence-corrected chi connectivity index (χ4v) is 1.67. The van der Waals surface area contributed by atoms with Crippen molar-refractivity contribution >= 4 is 5.91 Å². The van der Waals surface area contributed by atoms with E-state index in [0.29, 0.717) is 19.5 Å². The monoisotopic (exact) mass is 239 g/mol. The summed E-state index contributed by atoms with van der Waals surface area (Å²) in [4.78, 5) is 13.6. The Hall–Kier alpha value is -1.43. The first-order valence-electron chi connectivity index (χ1n) is 6.08. The molecule has 1 rings (SSSR count). The minimum Gasteiger partial charge on any atom is -0.343 e. The van der Waals surface area contributed by atoms with Gasteiger partial charge in [-0.2, -0.15) is 0 Å². The fourth-order valence-electron chi connectivity index (χ4n) is 1.67. The summed E-state index contributed by atoms with van der Waals surface area (Å²) in [5.41, 5.74) is 6.22. The number of carbonyl (C=O) groups excluding carboxylic acids is 1. The first-order valence-corrected chi connectivity index (χ1v) is 6.08. The third-order valence-electron chi connectivity index (χ3n) is 2.69. The molecular weight excluding hydrogens is 218 g/mol. The molecule has 0 aromatic carbocycles. The van der Waals surface area contributed by atoms with E-state index in [1.165, 1.54) is 0 Å². The van der Waals surface area contributed by atoms with E-state index < -0.39 is 0 Å². The van der Waals surface area contributed by atoms with E-state index in [4.69, 9.17) is 5.73 Å². The normalized spacial score (nSPS) is 10.5. The van der Waals surface area contributed by atoms with Crippen LogP contribution in [0.5, 0.6) is 0 Å². The van der Waals surface area contributed by atoms with E-state index in [1.54, 1.807) is 4.68 Å². The fraction of sp³-hybridized carbons (Fsp3) is 0.727. The van der Waals surface area contributed by atoms with Gasteiger partial charge in [-0.25, -0.2) is 0 Å². The molecule has 1 heterocycles. The van der Waals surface area contributed by atoms with Crippen molar-refractivity contribution in [3.63, 3.8) is 0 Å². The summed E-state index contributed by atoms with van der Waals surface area (Å²) in [6.45, 7) is 6.64. The first-order chi connectivity index (χ1) is 8.21. The molecule has 0 radical (unpaired) electrons. The van der Waals surface area contributed by atoms with Gasteiger partial charge in [-0.15, -0.1) is 5.10 Å². The molecule has 1 aromatic rings. The molecule has 0 saturated carbocycles. The highest BCUT2D eigenvalue weighted by Gasteiger charge is 2.08. The molecule has 0 unspecified atom stereocenters. The van der Waals surface area contributed by atoms with Crippen LogP contribution in [0.2, 0.25) is 0 Å². The van der Waals surface area contributed by atoms with Gasteiger partial charge in [-0.3, -0.25) is 9.48 Å². The number of aromatic nitrogens is 3. The van der Waals surface area contributed by atoms with Gasteiger partial charge in [-0.1, -0.05) is 5.21 Å². The number of rotatable bonds is 7. The number of hydrogen-bond donors (Lipinski definition) is 1. The Balaban J connectivity index is 2.29. The van der Waals surface area contributed by atoms with Gasteiger partial charge >= 0.3 is 0 Å². The molecule has 6 nitrogen and oxygen atoms in total. The second kappa shape index (κ2) is 7.01. The van der Waals surface area contributed by atoms with Crippen molar-refractivity contribution in [2.24, 2.45) is 5.73 Å². The Morgan fingerprint density at radius 1 is 1.47 bits per heavy atom. The topological polar surface area (TPSA) is 77.0 Å². The van der Waals surface area contributed by atoms with Crippen molar-refractivity contribution in [1.29, 1.82) is 0 Å². The number of hydrogen-bond acceptors (Lipinski definition) is 4. The average molecular weight is 239 g/mol. The standard InChI is InChI=1S/C11H21N5O/c1-3-15(4-2)11(17)6-5-7-16-9-10(8-12)13-14-16/h9H,3-8,12H2,1-2H3. The molecule has 0 aliphatic carbocycles. The van der Waals surface area contributed by atoms with Crippen molar-refractivity contribution in [3.05, 3.63) is 11.9 Å². The summed E-state index contributed by atoms with van der Waals surface area (Å²) in [6.07, 6.45) is 3.16. The number of amides is 1. The van der Waals surface area contributed by atoms with E-state index in [-0.39, 0.29) is 5.91 Å². The van der Waals surface area contributed by atoms with Crippen LogP contribution in [-0.2, 0) is 17.9 Å². The van der Waals surface area contributed by atoms with Gasteiger partial charge < -0.3 is 10.6 Å². The van der Waals surface area contributed by atoms with Gasteiger partial charge in [0.25, 0.3) is 0 Å². The van der Waals surface area contributed by atoms with E-state index in [2.05, 4.69) is 10.3 Å². The molecule has 0 spiro atoms. The lowest BCUT2D eigenvalue weighted by Crippen LogP contribution is -2.30. The zero-order chi connectivity index (χ0) is 12.7. The van der Waals surface area contributed by atoms with Crippen molar-refractivity contribution in [2.45, 2.75) is 39.8 Å². The molecule has 2 N–H and O–H groups in total. The number of nitrogens with two attached hydrogens (primary N) is 1. The number of nitrogens with zero attached hydrogens (tertiary/aromatic N) is 4. The zero-order valence-electron chi connectivity index (χ0n) is 10.6. The van der Waals surface area contributed by atoms with Crippen LogP contribution in [0.3, 0.4) is 0 Å². The lowest BCUT2D eigenvalue weighted by Gasteiger charge is -2.18. The number of carbonyl (C=O) groups is 1. The molecule has 96 valence electrons. The van der Waals surface area contributed by atoms with E-state index in [0.717, 1.165) is 25.2 Å². The average Bonchev–Trinajstić information content (AvgIpc) is 2.78. The predicted octanol–water partition coefficient (Wildman–Crippen LogP) is 0.385. The summed E-state index contributed by atoms with van der Waals surface area (Å²) >= 11 is 0.